The van der Waals surface area contributed by atoms with Crippen LogP contribution in [0.4, 0.5) is 20.2 Å². The van der Waals surface area contributed by atoms with Crippen molar-refractivity contribution in [3.63, 3.8) is 0 Å². The Labute approximate surface area is 190 Å². The van der Waals surface area contributed by atoms with E-state index in [0.29, 0.717) is 26.1 Å². The van der Waals surface area contributed by atoms with E-state index in [9.17, 15) is 8.78 Å². The predicted molar refractivity (Wildman–Crippen MR) is 129 cm³/mol. The van der Waals surface area contributed by atoms with Gasteiger partial charge in [0.05, 0.1) is 12.4 Å². The van der Waals surface area contributed by atoms with E-state index >= 15 is 0 Å². The van der Waals surface area contributed by atoms with Crippen LogP contribution in [-0.4, -0.2) is 30.9 Å². The summed E-state index contributed by atoms with van der Waals surface area (Å²) in [6, 6.07) is 7.22. The number of nitrogen functional groups attached to an aromatic ring is 1. The van der Waals surface area contributed by atoms with Gasteiger partial charge < -0.3 is 27.8 Å². The first kappa shape index (κ1) is 26.0. The summed E-state index contributed by atoms with van der Waals surface area (Å²) >= 11 is 0. The molecular formula is C24H38F2N6. The number of rotatable bonds is 4. The fraction of sp³-hybridized carbons (Fsp3) is 0.542. The van der Waals surface area contributed by atoms with Gasteiger partial charge in [-0.2, -0.15) is 4.39 Å². The molecule has 1 aliphatic heterocycles. The number of anilines is 2. The van der Waals surface area contributed by atoms with Crippen LogP contribution in [0.5, 0.6) is 0 Å². The van der Waals surface area contributed by atoms with Crippen LogP contribution >= 0.6 is 0 Å². The third-order valence-electron chi connectivity index (χ3n) is 5.59. The molecule has 178 valence electrons. The predicted octanol–water partition coefficient (Wildman–Crippen LogP) is 4.31. The van der Waals surface area contributed by atoms with Crippen LogP contribution < -0.4 is 27.8 Å². The van der Waals surface area contributed by atoms with Gasteiger partial charge in [0.15, 0.2) is 0 Å². The van der Waals surface area contributed by atoms with Gasteiger partial charge in [0, 0.05) is 24.0 Å². The molecule has 2 aromatic rings. The first-order valence-electron chi connectivity index (χ1n) is 11.6. The molecule has 1 aliphatic carbocycles. The van der Waals surface area contributed by atoms with E-state index in [4.69, 9.17) is 17.2 Å². The number of hydrogen-bond acceptors (Lipinski definition) is 6. The van der Waals surface area contributed by atoms with Gasteiger partial charge in [-0.1, -0.05) is 44.6 Å². The van der Waals surface area contributed by atoms with E-state index in [1.807, 2.05) is 18.2 Å². The summed E-state index contributed by atoms with van der Waals surface area (Å²) in [4.78, 5) is 3.61. The Morgan fingerprint density at radius 3 is 2.06 bits per heavy atom. The number of hydrogen-bond donors (Lipinski definition) is 5. The number of benzene rings is 1. The van der Waals surface area contributed by atoms with Gasteiger partial charge >= 0.3 is 0 Å². The van der Waals surface area contributed by atoms with Gasteiger partial charge in [-0.15, -0.1) is 0 Å². The number of nitrogens with two attached hydrogens (primary N) is 3. The van der Waals surface area contributed by atoms with Gasteiger partial charge in [0.2, 0.25) is 5.95 Å². The molecule has 0 radical (unpaired) electrons. The smallest absolute Gasteiger partial charge is 0.236 e. The molecule has 0 bridgehead atoms. The van der Waals surface area contributed by atoms with Crippen molar-refractivity contribution in [2.75, 3.05) is 30.8 Å². The van der Waals surface area contributed by atoms with Crippen LogP contribution in [-0.2, 0) is 6.54 Å². The maximum absolute atomic E-state index is 13.0. The molecule has 8 N–H and O–H groups in total. The molecule has 2 aliphatic rings. The molecule has 0 unspecified atom stereocenters. The molecule has 2 heterocycles. The zero-order valence-corrected chi connectivity index (χ0v) is 18.9. The molecule has 2 fully saturated rings. The van der Waals surface area contributed by atoms with Crippen LogP contribution in [0.15, 0.2) is 30.5 Å². The Morgan fingerprint density at radius 2 is 1.59 bits per heavy atom. The number of piperidine rings is 1. The fourth-order valence-corrected chi connectivity index (χ4v) is 3.69. The highest BCUT2D eigenvalue weighted by molar-refractivity contribution is 5.70. The second-order valence-electron chi connectivity index (χ2n) is 8.11. The minimum atomic E-state index is -0.663. The Balaban J connectivity index is 0.000000225. The lowest BCUT2D eigenvalue weighted by Crippen LogP contribution is -2.28. The first-order chi connectivity index (χ1) is 15.5. The van der Waals surface area contributed by atoms with E-state index in [2.05, 4.69) is 15.6 Å². The maximum atomic E-state index is 13.0. The summed E-state index contributed by atoms with van der Waals surface area (Å²) in [7, 11) is 0. The fourth-order valence-electron chi connectivity index (χ4n) is 3.69. The van der Waals surface area contributed by atoms with Gasteiger partial charge in [-0.25, -0.2) is 9.37 Å². The lowest BCUT2D eigenvalue weighted by Gasteiger charge is -2.14. The minimum Gasteiger partial charge on any atom is -0.395 e. The lowest BCUT2D eigenvalue weighted by atomic mass is 10.0. The SMILES string of the molecule is C1CCCCC1.FC1CCNCC1.NCNc1ccc(-c2cnc(F)c(N)c2)cc1CN. The van der Waals surface area contributed by atoms with Crippen molar-refractivity contribution in [1.82, 2.24) is 10.3 Å². The van der Waals surface area contributed by atoms with E-state index in [-0.39, 0.29) is 5.69 Å². The number of nitrogens with one attached hydrogen (secondary N) is 2. The van der Waals surface area contributed by atoms with Crippen molar-refractivity contribution in [1.29, 1.82) is 0 Å². The molecule has 1 aromatic carbocycles. The van der Waals surface area contributed by atoms with Crippen LogP contribution in [0.1, 0.15) is 56.9 Å². The monoisotopic (exact) mass is 448 g/mol. The average Bonchev–Trinajstić information content (AvgIpc) is 2.84. The lowest BCUT2D eigenvalue weighted by molar-refractivity contribution is 0.262. The molecule has 4 rings (SSSR count). The van der Waals surface area contributed by atoms with Crippen molar-refractivity contribution in [3.8, 4) is 11.1 Å². The van der Waals surface area contributed by atoms with Crippen LogP contribution in [0.3, 0.4) is 0 Å². The third-order valence-corrected chi connectivity index (χ3v) is 5.59. The highest BCUT2D eigenvalue weighted by atomic mass is 19.1. The topological polar surface area (TPSA) is 115 Å². The Morgan fingerprint density at radius 1 is 0.969 bits per heavy atom. The molecule has 8 heteroatoms. The van der Waals surface area contributed by atoms with Crippen molar-refractivity contribution in [3.05, 3.63) is 42.0 Å². The first-order valence-corrected chi connectivity index (χ1v) is 11.6. The van der Waals surface area contributed by atoms with Crippen molar-refractivity contribution in [2.24, 2.45) is 11.5 Å². The molecule has 0 atom stereocenters. The van der Waals surface area contributed by atoms with E-state index < -0.39 is 12.1 Å². The highest BCUT2D eigenvalue weighted by Gasteiger charge is 2.09. The van der Waals surface area contributed by atoms with E-state index in [1.54, 1.807) is 6.07 Å². The Bertz CT molecular complexity index is 781. The largest absolute Gasteiger partial charge is 0.395 e. The van der Waals surface area contributed by atoms with Gasteiger partial charge in [0.1, 0.15) is 6.17 Å². The second-order valence-corrected chi connectivity index (χ2v) is 8.11. The molecular weight excluding hydrogens is 410 g/mol. The zero-order valence-electron chi connectivity index (χ0n) is 18.9. The second kappa shape index (κ2) is 14.7. The highest BCUT2D eigenvalue weighted by Crippen LogP contribution is 2.26. The average molecular weight is 449 g/mol. The van der Waals surface area contributed by atoms with Gasteiger partial charge in [-0.05, 0) is 55.3 Å². The van der Waals surface area contributed by atoms with Crippen LogP contribution in [0, 0.1) is 5.95 Å². The van der Waals surface area contributed by atoms with Crippen LogP contribution in [0.25, 0.3) is 11.1 Å². The molecule has 1 saturated heterocycles. The zero-order chi connectivity index (χ0) is 23.2. The van der Waals surface area contributed by atoms with Crippen molar-refractivity contribution < 1.29 is 8.78 Å². The van der Waals surface area contributed by atoms with Gasteiger partial charge in [0.25, 0.3) is 0 Å². The minimum absolute atomic E-state index is 0.0240. The maximum Gasteiger partial charge on any atom is 0.236 e. The quantitative estimate of drug-likeness (QED) is 0.352. The summed E-state index contributed by atoms with van der Waals surface area (Å²) in [6.07, 6.45) is 11.3. The van der Waals surface area contributed by atoms with E-state index in [0.717, 1.165) is 35.5 Å². The molecule has 0 spiro atoms. The third kappa shape index (κ3) is 9.06. The van der Waals surface area contributed by atoms with Crippen molar-refractivity contribution in [2.45, 2.75) is 64.1 Å². The Kier molecular flexibility index (Phi) is 11.9. The van der Waals surface area contributed by atoms with Crippen molar-refractivity contribution >= 4 is 11.4 Å². The summed E-state index contributed by atoms with van der Waals surface area (Å²) in [5, 5.41) is 6.10. The summed E-state index contributed by atoms with van der Waals surface area (Å²) in [5.41, 5.74) is 20.1. The normalized spacial score (nSPS) is 16.2. The number of pyridine rings is 1. The molecule has 32 heavy (non-hydrogen) atoms. The number of aromatic nitrogens is 1. The summed E-state index contributed by atoms with van der Waals surface area (Å²) < 4.78 is 25.2. The summed E-state index contributed by atoms with van der Waals surface area (Å²) in [6.45, 7) is 2.43. The van der Waals surface area contributed by atoms with E-state index in [1.165, 1.54) is 44.7 Å². The standard InChI is InChI=1S/C13H16FN5.C6H12.C5H10FN/c14-13-11(17)4-10(6-18-13)8-1-2-12(19-7-16)9(3-8)5-15;1-2-4-6-5-3-1;6-5-1-3-7-4-2-5/h1-4,6,19H,5,7,15-17H2;1-6H2;5,7H,1-4H2. The molecule has 0 amide bonds. The van der Waals surface area contributed by atoms with Crippen LogP contribution in [0.2, 0.25) is 0 Å². The number of nitrogens with zero attached hydrogens (tertiary/aromatic N) is 1. The van der Waals surface area contributed by atoms with Gasteiger partial charge in [-0.3, -0.25) is 0 Å². The molecule has 1 aromatic heterocycles. The number of halogens is 2. The summed E-state index contributed by atoms with van der Waals surface area (Å²) in [5.74, 6) is -0.663. The Hall–Kier alpha value is -2.29. The molecule has 1 saturated carbocycles. The number of alkyl halides is 1. The molecule has 6 nitrogen and oxygen atoms in total.